The van der Waals surface area contributed by atoms with Crippen molar-refractivity contribution in [2.24, 2.45) is 4.99 Å². The number of ether oxygens (including phenoxy) is 1. The number of hydrogen-bond acceptors (Lipinski definition) is 5. The average molecular weight is 430 g/mol. The molecular weight excluding hydrogens is 394 g/mol. The van der Waals surface area contributed by atoms with Gasteiger partial charge < -0.3 is 15.4 Å². The Morgan fingerprint density at radius 2 is 1.90 bits per heavy atom. The molecule has 1 aromatic heterocycles. The third-order valence-corrected chi connectivity index (χ3v) is 6.86. The molecule has 1 aromatic carbocycles. The summed E-state index contributed by atoms with van der Waals surface area (Å²) >= 11 is 1.78. The molecule has 1 atom stereocenters. The molecule has 1 saturated heterocycles. The van der Waals surface area contributed by atoms with Crippen molar-refractivity contribution in [3.05, 3.63) is 45.4 Å². The third kappa shape index (κ3) is 6.19. The van der Waals surface area contributed by atoms with E-state index in [0.29, 0.717) is 6.04 Å². The van der Waals surface area contributed by atoms with Gasteiger partial charge in [0.1, 0.15) is 5.75 Å². The Morgan fingerprint density at radius 3 is 2.50 bits per heavy atom. The van der Waals surface area contributed by atoms with Crippen LogP contribution in [-0.2, 0) is 6.42 Å². The summed E-state index contributed by atoms with van der Waals surface area (Å²) in [5.41, 5.74) is 2.45. The maximum atomic E-state index is 5.34. The highest BCUT2D eigenvalue weighted by atomic mass is 32.1. The first-order valence-corrected chi connectivity index (χ1v) is 11.7. The molecule has 2 aromatic rings. The quantitative estimate of drug-likeness (QED) is 0.495. The van der Waals surface area contributed by atoms with Crippen LogP contribution < -0.4 is 15.4 Å². The van der Waals surface area contributed by atoms with Gasteiger partial charge in [0.05, 0.1) is 23.9 Å². The van der Waals surface area contributed by atoms with Gasteiger partial charge in [-0.15, -0.1) is 11.3 Å². The second kappa shape index (κ2) is 11.3. The fraction of sp³-hybridized carbons (Fsp3) is 0.565. The van der Waals surface area contributed by atoms with Gasteiger partial charge in [0.2, 0.25) is 0 Å². The van der Waals surface area contributed by atoms with Gasteiger partial charge in [0.15, 0.2) is 5.96 Å². The van der Waals surface area contributed by atoms with Gasteiger partial charge in [-0.3, -0.25) is 9.89 Å². The van der Waals surface area contributed by atoms with Gasteiger partial charge in [0.25, 0.3) is 0 Å². The molecule has 1 unspecified atom stereocenters. The molecule has 0 radical (unpaired) electrons. The molecule has 0 saturated carbocycles. The van der Waals surface area contributed by atoms with Crippen molar-refractivity contribution in [1.29, 1.82) is 0 Å². The summed E-state index contributed by atoms with van der Waals surface area (Å²) in [6.45, 7) is 8.14. The van der Waals surface area contributed by atoms with Crippen LogP contribution in [0, 0.1) is 13.8 Å². The monoisotopic (exact) mass is 429 g/mol. The number of aromatic nitrogens is 1. The Morgan fingerprint density at radius 1 is 1.17 bits per heavy atom. The lowest BCUT2D eigenvalue weighted by atomic mass is 10.0. The van der Waals surface area contributed by atoms with Crippen molar-refractivity contribution in [3.63, 3.8) is 0 Å². The lowest BCUT2D eigenvalue weighted by Crippen LogP contribution is -2.44. The maximum Gasteiger partial charge on any atom is 0.191 e. The Labute approximate surface area is 184 Å². The number of nitrogens with one attached hydrogen (secondary N) is 2. The Kier molecular flexibility index (Phi) is 8.51. The van der Waals surface area contributed by atoms with E-state index in [-0.39, 0.29) is 0 Å². The summed E-state index contributed by atoms with van der Waals surface area (Å²) in [5.74, 6) is 1.74. The van der Waals surface area contributed by atoms with Crippen molar-refractivity contribution in [1.82, 2.24) is 20.5 Å². The van der Waals surface area contributed by atoms with Gasteiger partial charge >= 0.3 is 0 Å². The number of nitrogens with zero attached hydrogens (tertiary/aromatic N) is 3. The summed E-state index contributed by atoms with van der Waals surface area (Å²) < 4.78 is 5.34. The molecule has 0 spiro atoms. The van der Waals surface area contributed by atoms with Crippen molar-refractivity contribution < 1.29 is 4.74 Å². The van der Waals surface area contributed by atoms with E-state index >= 15 is 0 Å². The first-order chi connectivity index (χ1) is 14.6. The first-order valence-electron chi connectivity index (χ1n) is 10.9. The highest BCUT2D eigenvalue weighted by Crippen LogP contribution is 2.26. The molecule has 1 aliphatic heterocycles. The number of likely N-dealkylation sites (tertiary alicyclic amines) is 1. The van der Waals surface area contributed by atoms with Gasteiger partial charge in [-0.2, -0.15) is 0 Å². The molecule has 2 N–H and O–H groups in total. The molecule has 3 rings (SSSR count). The minimum atomic E-state index is 0.319. The number of benzene rings is 1. The molecule has 0 aliphatic carbocycles. The van der Waals surface area contributed by atoms with Gasteiger partial charge in [0, 0.05) is 31.4 Å². The predicted molar refractivity (Wildman–Crippen MR) is 126 cm³/mol. The van der Waals surface area contributed by atoms with Crippen LogP contribution >= 0.6 is 11.3 Å². The minimum Gasteiger partial charge on any atom is -0.497 e. The molecule has 2 heterocycles. The molecule has 0 bridgehead atoms. The topological polar surface area (TPSA) is 61.8 Å². The van der Waals surface area contributed by atoms with Crippen LogP contribution in [0.3, 0.4) is 0 Å². The van der Waals surface area contributed by atoms with E-state index < -0.39 is 0 Å². The van der Waals surface area contributed by atoms with Crippen LogP contribution in [0.15, 0.2) is 29.3 Å². The van der Waals surface area contributed by atoms with Crippen molar-refractivity contribution >= 4 is 17.3 Å². The van der Waals surface area contributed by atoms with E-state index in [1.807, 2.05) is 7.05 Å². The number of aliphatic imine (C=N–C) groups is 1. The molecule has 164 valence electrons. The van der Waals surface area contributed by atoms with Crippen molar-refractivity contribution in [2.75, 3.05) is 40.3 Å². The average Bonchev–Trinajstić information content (AvgIpc) is 3.10. The van der Waals surface area contributed by atoms with Crippen LogP contribution in [-0.4, -0.2) is 56.2 Å². The van der Waals surface area contributed by atoms with Crippen LogP contribution in [0.4, 0.5) is 0 Å². The molecule has 1 fully saturated rings. The van der Waals surface area contributed by atoms with E-state index in [1.54, 1.807) is 18.4 Å². The van der Waals surface area contributed by atoms with Crippen LogP contribution in [0.25, 0.3) is 0 Å². The number of aryl methyl sites for hydroxylation is 2. The molecule has 30 heavy (non-hydrogen) atoms. The zero-order valence-corrected chi connectivity index (χ0v) is 19.5. The highest BCUT2D eigenvalue weighted by Gasteiger charge is 2.22. The summed E-state index contributed by atoms with van der Waals surface area (Å²) in [6.07, 6.45) is 4.78. The Balaban J connectivity index is 1.58. The molecule has 1 aliphatic rings. The van der Waals surface area contributed by atoms with E-state index in [1.165, 1.54) is 34.7 Å². The number of hydrogen-bond donors (Lipinski definition) is 2. The number of methoxy groups -OCH3 is 1. The Bertz CT molecular complexity index is 792. The number of rotatable bonds is 8. The zero-order valence-electron chi connectivity index (χ0n) is 18.7. The standard InChI is InChI=1S/C23H35N5OS/c1-17-18(2)30-22(27-17)12-13-25-23(24-3)26-16-21(28-14-6-5-7-15-28)19-8-10-20(29-4)11-9-19/h8-11,21H,5-7,12-16H2,1-4H3,(H2,24,25,26). The maximum absolute atomic E-state index is 5.34. The largest absolute Gasteiger partial charge is 0.497 e. The van der Waals surface area contributed by atoms with Gasteiger partial charge in [-0.05, 0) is 57.5 Å². The fourth-order valence-corrected chi connectivity index (χ4v) is 4.80. The predicted octanol–water partition coefficient (Wildman–Crippen LogP) is 3.70. The zero-order chi connectivity index (χ0) is 21.3. The van der Waals surface area contributed by atoms with Gasteiger partial charge in [-0.1, -0.05) is 18.6 Å². The lowest BCUT2D eigenvalue weighted by molar-refractivity contribution is 0.164. The molecule has 6 nitrogen and oxygen atoms in total. The summed E-state index contributed by atoms with van der Waals surface area (Å²) in [7, 11) is 3.54. The summed E-state index contributed by atoms with van der Waals surface area (Å²) in [5, 5.41) is 8.17. The number of thiazole rings is 1. The van der Waals surface area contributed by atoms with Crippen LogP contribution in [0.1, 0.15) is 46.4 Å². The first kappa shape index (κ1) is 22.6. The van der Waals surface area contributed by atoms with Crippen molar-refractivity contribution in [2.45, 2.75) is 45.6 Å². The van der Waals surface area contributed by atoms with Crippen LogP contribution in [0.2, 0.25) is 0 Å². The van der Waals surface area contributed by atoms with Crippen molar-refractivity contribution in [3.8, 4) is 5.75 Å². The van der Waals surface area contributed by atoms with Gasteiger partial charge in [-0.25, -0.2) is 4.98 Å². The third-order valence-electron chi connectivity index (χ3n) is 5.72. The molecular formula is C23H35N5OS. The van der Waals surface area contributed by atoms with E-state index in [0.717, 1.165) is 50.0 Å². The van der Waals surface area contributed by atoms with Crippen LogP contribution in [0.5, 0.6) is 5.75 Å². The van der Waals surface area contributed by atoms with E-state index in [2.05, 4.69) is 63.6 Å². The summed E-state index contributed by atoms with van der Waals surface area (Å²) in [4.78, 5) is 12.9. The fourth-order valence-electron chi connectivity index (χ4n) is 3.86. The lowest BCUT2D eigenvalue weighted by Gasteiger charge is -2.35. The molecule has 7 heteroatoms. The number of guanidine groups is 1. The minimum absolute atomic E-state index is 0.319. The highest BCUT2D eigenvalue weighted by molar-refractivity contribution is 7.11. The number of piperidine rings is 1. The SMILES string of the molecule is CN=C(NCCc1nc(C)c(C)s1)NCC(c1ccc(OC)cc1)N1CCCCC1. The second-order valence-electron chi connectivity index (χ2n) is 7.76. The smallest absolute Gasteiger partial charge is 0.191 e. The van der Waals surface area contributed by atoms with E-state index in [4.69, 9.17) is 4.74 Å². The molecule has 0 amide bonds. The second-order valence-corrected chi connectivity index (χ2v) is 9.05. The Hall–Kier alpha value is -2.12. The summed E-state index contributed by atoms with van der Waals surface area (Å²) in [6, 6.07) is 8.79. The normalized spacial score (nSPS) is 16.3. The van der Waals surface area contributed by atoms with E-state index in [9.17, 15) is 0 Å².